The van der Waals surface area contributed by atoms with Gasteiger partial charge in [-0.05, 0) is 55.3 Å². The van der Waals surface area contributed by atoms with Crippen LogP contribution in [0.1, 0.15) is 11.1 Å². The summed E-state index contributed by atoms with van der Waals surface area (Å²) in [5.74, 6) is -0.495. The van der Waals surface area contributed by atoms with Crippen molar-refractivity contribution in [3.63, 3.8) is 0 Å². The van der Waals surface area contributed by atoms with Gasteiger partial charge in [-0.3, -0.25) is 4.79 Å². The Labute approximate surface area is 154 Å². The van der Waals surface area contributed by atoms with Crippen molar-refractivity contribution in [1.82, 2.24) is 0 Å². The summed E-state index contributed by atoms with van der Waals surface area (Å²) < 4.78 is 0.962. The van der Waals surface area contributed by atoms with Gasteiger partial charge in [0, 0.05) is 27.1 Å². The predicted molar refractivity (Wildman–Crippen MR) is 101 cm³/mol. The van der Waals surface area contributed by atoms with E-state index in [1.165, 1.54) is 6.20 Å². The largest absolute Gasteiger partial charge is 0.360 e. The van der Waals surface area contributed by atoms with E-state index in [0.29, 0.717) is 10.7 Å². The molecule has 0 unspecified atom stereocenters. The zero-order valence-electron chi connectivity index (χ0n) is 13.2. The van der Waals surface area contributed by atoms with Gasteiger partial charge in [0.25, 0.3) is 5.91 Å². The van der Waals surface area contributed by atoms with Crippen LogP contribution in [0.15, 0.2) is 52.6 Å². The number of carbonyl (C=O) groups is 1. The minimum Gasteiger partial charge on any atom is -0.360 e. The van der Waals surface area contributed by atoms with Crippen molar-refractivity contribution >= 4 is 44.8 Å². The first-order valence-electron chi connectivity index (χ1n) is 7.11. The third-order valence-corrected chi connectivity index (χ3v) is 4.10. The highest BCUT2D eigenvalue weighted by Crippen LogP contribution is 2.22. The van der Waals surface area contributed by atoms with Gasteiger partial charge in [-0.25, -0.2) is 0 Å². The molecule has 24 heavy (non-hydrogen) atoms. The van der Waals surface area contributed by atoms with E-state index in [-0.39, 0.29) is 5.57 Å². The average molecular weight is 405 g/mol. The summed E-state index contributed by atoms with van der Waals surface area (Å²) >= 11 is 9.33. The number of carbonyl (C=O) groups excluding carboxylic acids is 1. The number of benzene rings is 2. The topological polar surface area (TPSA) is 64.9 Å². The summed E-state index contributed by atoms with van der Waals surface area (Å²) in [6.45, 7) is 3.79. The van der Waals surface area contributed by atoms with Crippen LogP contribution < -0.4 is 10.6 Å². The quantitative estimate of drug-likeness (QED) is 0.545. The van der Waals surface area contributed by atoms with Gasteiger partial charge in [0.1, 0.15) is 11.6 Å². The van der Waals surface area contributed by atoms with Crippen molar-refractivity contribution in [2.75, 3.05) is 10.6 Å². The zero-order valence-corrected chi connectivity index (χ0v) is 15.5. The second kappa shape index (κ2) is 8.00. The van der Waals surface area contributed by atoms with Crippen LogP contribution in [-0.2, 0) is 4.79 Å². The maximum atomic E-state index is 12.3. The number of nitriles is 1. The van der Waals surface area contributed by atoms with Crippen LogP contribution >= 0.6 is 27.5 Å². The Morgan fingerprint density at radius 2 is 1.92 bits per heavy atom. The van der Waals surface area contributed by atoms with Gasteiger partial charge in [-0.1, -0.05) is 33.6 Å². The minimum atomic E-state index is -0.495. The van der Waals surface area contributed by atoms with Crippen LogP contribution in [0.2, 0.25) is 5.02 Å². The molecule has 2 aromatic carbocycles. The Hall–Kier alpha value is -2.29. The fourth-order valence-corrected chi connectivity index (χ4v) is 2.65. The summed E-state index contributed by atoms with van der Waals surface area (Å²) in [6.07, 6.45) is 1.39. The molecule has 0 fully saturated rings. The van der Waals surface area contributed by atoms with E-state index < -0.39 is 5.91 Å². The number of aryl methyl sites for hydroxylation is 2. The summed E-state index contributed by atoms with van der Waals surface area (Å²) in [4.78, 5) is 12.3. The molecular weight excluding hydrogens is 390 g/mol. The molecule has 0 aliphatic carbocycles. The number of nitrogens with zero attached hydrogens (tertiary/aromatic N) is 1. The van der Waals surface area contributed by atoms with Gasteiger partial charge >= 0.3 is 0 Å². The molecule has 0 aromatic heterocycles. The molecule has 6 heteroatoms. The second-order valence-corrected chi connectivity index (χ2v) is 6.54. The molecule has 122 valence electrons. The number of amides is 1. The molecule has 2 rings (SSSR count). The molecular formula is C18H15BrClN3O. The fourth-order valence-electron chi connectivity index (χ4n) is 2.01. The van der Waals surface area contributed by atoms with E-state index in [0.717, 1.165) is 21.3 Å². The molecule has 2 N–H and O–H groups in total. The molecule has 0 radical (unpaired) electrons. The monoisotopic (exact) mass is 403 g/mol. The standard InChI is InChI=1S/C18H15BrClN3O/c1-11-3-5-15(20)8-17(11)23-18(24)13(9-21)10-22-16-6-4-14(19)7-12(16)2/h3-8,10,22H,1-2H3,(H,23,24)/b13-10-. The van der Waals surface area contributed by atoms with E-state index in [9.17, 15) is 10.1 Å². The highest BCUT2D eigenvalue weighted by atomic mass is 79.9. The number of halogens is 2. The van der Waals surface area contributed by atoms with Crippen molar-refractivity contribution in [3.8, 4) is 6.07 Å². The van der Waals surface area contributed by atoms with Crippen LogP contribution in [0.25, 0.3) is 0 Å². The summed E-state index contributed by atoms with van der Waals surface area (Å²) in [7, 11) is 0. The third kappa shape index (κ3) is 4.60. The van der Waals surface area contributed by atoms with Crippen LogP contribution in [0.3, 0.4) is 0 Å². The van der Waals surface area contributed by atoms with E-state index >= 15 is 0 Å². The van der Waals surface area contributed by atoms with Gasteiger partial charge < -0.3 is 10.6 Å². The minimum absolute atomic E-state index is 0.0308. The lowest BCUT2D eigenvalue weighted by Crippen LogP contribution is -2.15. The van der Waals surface area contributed by atoms with Crippen LogP contribution in [0, 0.1) is 25.2 Å². The summed E-state index contributed by atoms with van der Waals surface area (Å²) in [6, 6.07) is 12.8. The Morgan fingerprint density at radius 1 is 1.17 bits per heavy atom. The SMILES string of the molecule is Cc1cc(Br)ccc1N/C=C(/C#N)C(=O)Nc1cc(Cl)ccc1C. The molecule has 0 saturated heterocycles. The number of hydrogen-bond donors (Lipinski definition) is 2. The van der Waals surface area contributed by atoms with E-state index in [2.05, 4.69) is 26.6 Å². The van der Waals surface area contributed by atoms with Crippen LogP contribution in [0.5, 0.6) is 0 Å². The van der Waals surface area contributed by atoms with Gasteiger partial charge in [-0.2, -0.15) is 5.26 Å². The lowest BCUT2D eigenvalue weighted by atomic mass is 10.2. The van der Waals surface area contributed by atoms with Crippen molar-refractivity contribution in [2.45, 2.75) is 13.8 Å². The van der Waals surface area contributed by atoms with Crippen molar-refractivity contribution < 1.29 is 4.79 Å². The maximum Gasteiger partial charge on any atom is 0.267 e. The van der Waals surface area contributed by atoms with Crippen LogP contribution in [0.4, 0.5) is 11.4 Å². The molecule has 0 atom stereocenters. The van der Waals surface area contributed by atoms with E-state index in [4.69, 9.17) is 11.6 Å². The van der Waals surface area contributed by atoms with Crippen molar-refractivity contribution in [2.24, 2.45) is 0 Å². The summed E-state index contributed by atoms with van der Waals surface area (Å²) in [5, 5.41) is 15.4. The highest BCUT2D eigenvalue weighted by molar-refractivity contribution is 9.10. The van der Waals surface area contributed by atoms with Crippen LogP contribution in [-0.4, -0.2) is 5.91 Å². The molecule has 1 amide bonds. The summed E-state index contributed by atoms with van der Waals surface area (Å²) in [5.41, 5.74) is 3.22. The van der Waals surface area contributed by atoms with Gasteiger partial charge in [0.15, 0.2) is 0 Å². The maximum absolute atomic E-state index is 12.3. The molecule has 0 heterocycles. The highest BCUT2D eigenvalue weighted by Gasteiger charge is 2.11. The number of anilines is 2. The Bertz CT molecular complexity index is 856. The lowest BCUT2D eigenvalue weighted by Gasteiger charge is -2.09. The first kappa shape index (κ1) is 18.1. The molecule has 0 aliphatic heterocycles. The second-order valence-electron chi connectivity index (χ2n) is 5.19. The van der Waals surface area contributed by atoms with Gasteiger partial charge in [0.2, 0.25) is 0 Å². The van der Waals surface area contributed by atoms with Gasteiger partial charge in [-0.15, -0.1) is 0 Å². The lowest BCUT2D eigenvalue weighted by molar-refractivity contribution is -0.112. The van der Waals surface area contributed by atoms with Gasteiger partial charge in [0.05, 0.1) is 0 Å². The predicted octanol–water partition coefficient (Wildman–Crippen LogP) is 5.18. The Morgan fingerprint density at radius 3 is 2.58 bits per heavy atom. The van der Waals surface area contributed by atoms with Crippen molar-refractivity contribution in [1.29, 1.82) is 5.26 Å². The van der Waals surface area contributed by atoms with E-state index in [1.807, 2.05) is 38.1 Å². The average Bonchev–Trinajstić information content (AvgIpc) is 2.53. The Kier molecular flexibility index (Phi) is 6.02. The zero-order chi connectivity index (χ0) is 17.7. The normalized spacial score (nSPS) is 10.9. The first-order valence-corrected chi connectivity index (χ1v) is 8.28. The molecule has 0 bridgehead atoms. The first-order chi connectivity index (χ1) is 11.4. The Balaban J connectivity index is 2.16. The van der Waals surface area contributed by atoms with E-state index in [1.54, 1.807) is 18.2 Å². The number of nitrogens with one attached hydrogen (secondary N) is 2. The number of rotatable bonds is 4. The molecule has 0 spiro atoms. The number of hydrogen-bond acceptors (Lipinski definition) is 3. The molecule has 0 saturated carbocycles. The third-order valence-electron chi connectivity index (χ3n) is 3.37. The molecule has 0 aliphatic rings. The molecule has 4 nitrogen and oxygen atoms in total. The smallest absolute Gasteiger partial charge is 0.267 e. The van der Waals surface area contributed by atoms with Crippen molar-refractivity contribution in [3.05, 3.63) is 68.8 Å². The fraction of sp³-hybridized carbons (Fsp3) is 0.111. The molecule has 2 aromatic rings.